The van der Waals surface area contributed by atoms with Crippen LogP contribution in [0.2, 0.25) is 0 Å². The van der Waals surface area contributed by atoms with Gasteiger partial charge in [0.1, 0.15) is 5.60 Å². The zero-order valence-corrected chi connectivity index (χ0v) is 28.9. The number of pyridine rings is 1. The number of piperidine rings is 1. The largest absolute Gasteiger partial charge is 0.444 e. The molecule has 260 valence electrons. The topological polar surface area (TPSA) is 141 Å². The van der Waals surface area contributed by atoms with E-state index in [9.17, 15) is 19.2 Å². The lowest BCUT2D eigenvalue weighted by molar-refractivity contribution is 0.0141. The molecule has 0 atom stereocenters. The molecule has 12 heteroatoms. The van der Waals surface area contributed by atoms with E-state index in [-0.39, 0.29) is 17.9 Å². The molecule has 3 heterocycles. The molecule has 12 nitrogen and oxygen atoms in total. The molecule has 3 aromatic rings. The van der Waals surface area contributed by atoms with Crippen molar-refractivity contribution in [2.24, 2.45) is 5.73 Å². The first-order valence-electron chi connectivity index (χ1n) is 16.9. The molecule has 3 N–H and O–H groups in total. The average Bonchev–Trinajstić information content (AvgIpc) is 3.10. The number of benzene rings is 2. The molecular formula is C37H47N7O5. The summed E-state index contributed by atoms with van der Waals surface area (Å²) in [5, 5.41) is 3.01. The fourth-order valence-electron chi connectivity index (χ4n) is 6.01. The lowest BCUT2D eigenvalue weighted by atomic mass is 10.0. The number of piperazine rings is 1. The highest BCUT2D eigenvalue weighted by atomic mass is 16.6. The van der Waals surface area contributed by atoms with E-state index in [1.54, 1.807) is 53.2 Å². The van der Waals surface area contributed by atoms with Gasteiger partial charge in [-0.05, 0) is 88.6 Å². The molecule has 0 radical (unpaired) electrons. The van der Waals surface area contributed by atoms with Crippen LogP contribution in [0.3, 0.4) is 0 Å². The summed E-state index contributed by atoms with van der Waals surface area (Å²) in [6.07, 6.45) is 4.65. The van der Waals surface area contributed by atoms with Gasteiger partial charge in [-0.2, -0.15) is 0 Å². The molecule has 0 spiro atoms. The van der Waals surface area contributed by atoms with Crippen molar-refractivity contribution in [2.75, 3.05) is 69.6 Å². The van der Waals surface area contributed by atoms with Gasteiger partial charge in [-0.3, -0.25) is 24.3 Å². The molecule has 1 aromatic heterocycles. The average molecular weight is 670 g/mol. The van der Waals surface area contributed by atoms with Crippen LogP contribution in [0.5, 0.6) is 0 Å². The van der Waals surface area contributed by atoms with Crippen molar-refractivity contribution in [3.05, 3.63) is 77.5 Å². The first-order chi connectivity index (χ1) is 23.4. The second-order valence-corrected chi connectivity index (χ2v) is 13.6. The zero-order chi connectivity index (χ0) is 35.1. The van der Waals surface area contributed by atoms with Crippen LogP contribution in [-0.2, 0) is 4.74 Å². The quantitative estimate of drug-likeness (QED) is 0.334. The molecule has 0 aliphatic carbocycles. The minimum Gasteiger partial charge on any atom is -0.444 e. The van der Waals surface area contributed by atoms with E-state index in [0.29, 0.717) is 72.9 Å². The first-order valence-corrected chi connectivity index (χ1v) is 16.9. The molecule has 2 fully saturated rings. The summed E-state index contributed by atoms with van der Waals surface area (Å²) < 4.78 is 5.48. The monoisotopic (exact) mass is 669 g/mol. The normalized spacial score (nSPS) is 15.4. The van der Waals surface area contributed by atoms with Gasteiger partial charge < -0.3 is 30.5 Å². The molecule has 2 aliphatic heterocycles. The molecule has 0 saturated carbocycles. The van der Waals surface area contributed by atoms with Gasteiger partial charge in [0.25, 0.3) is 11.8 Å². The third-order valence-corrected chi connectivity index (χ3v) is 8.79. The van der Waals surface area contributed by atoms with E-state index in [0.717, 1.165) is 31.6 Å². The van der Waals surface area contributed by atoms with Crippen molar-refractivity contribution >= 4 is 35.2 Å². The number of nitrogens with two attached hydrogens (primary N) is 1. The summed E-state index contributed by atoms with van der Waals surface area (Å²) in [6.45, 7) is 11.1. The number of ether oxygens (including phenoxy) is 1. The number of nitrogens with zero attached hydrogens (tertiary/aromatic N) is 5. The number of anilines is 2. The lowest BCUT2D eigenvalue weighted by Gasteiger charge is -2.36. The summed E-state index contributed by atoms with van der Waals surface area (Å²) in [7, 11) is 1.75. The molecule has 4 amide bonds. The second kappa shape index (κ2) is 15.5. The van der Waals surface area contributed by atoms with E-state index < -0.39 is 11.5 Å². The number of primary amides is 1. The van der Waals surface area contributed by atoms with Crippen LogP contribution in [0.25, 0.3) is 11.3 Å². The van der Waals surface area contributed by atoms with Crippen molar-refractivity contribution in [2.45, 2.75) is 45.6 Å². The SMILES string of the molecule is CN(CCN1CCN(C(=O)OC(C)(C)C)CC1)C(=O)c1cccc(C(=O)Nc2ccc(N3CCCCC3)cc2-c2cc(C(N)=O)ccn2)c1. The van der Waals surface area contributed by atoms with E-state index in [1.807, 2.05) is 39.0 Å². The summed E-state index contributed by atoms with van der Waals surface area (Å²) >= 11 is 0. The predicted molar refractivity (Wildman–Crippen MR) is 190 cm³/mol. The summed E-state index contributed by atoms with van der Waals surface area (Å²) in [6, 6.07) is 15.7. The molecular weight excluding hydrogens is 622 g/mol. The maximum Gasteiger partial charge on any atom is 0.410 e. The highest BCUT2D eigenvalue weighted by Crippen LogP contribution is 2.33. The Morgan fingerprint density at radius 3 is 2.29 bits per heavy atom. The molecule has 5 rings (SSSR count). The van der Waals surface area contributed by atoms with Crippen LogP contribution >= 0.6 is 0 Å². The maximum absolute atomic E-state index is 13.6. The number of likely N-dealkylation sites (N-methyl/N-ethyl adjacent to an activating group) is 1. The summed E-state index contributed by atoms with van der Waals surface area (Å²) in [5.41, 5.74) is 8.81. The fourth-order valence-corrected chi connectivity index (χ4v) is 6.01. The third kappa shape index (κ3) is 9.35. The minimum atomic E-state index is -0.561. The number of carbonyl (C=O) groups is 4. The number of hydrogen-bond donors (Lipinski definition) is 2. The third-order valence-electron chi connectivity index (χ3n) is 8.79. The minimum absolute atomic E-state index is 0.193. The smallest absolute Gasteiger partial charge is 0.410 e. The number of hydrogen-bond acceptors (Lipinski definition) is 8. The zero-order valence-electron chi connectivity index (χ0n) is 28.9. The number of carbonyl (C=O) groups excluding carboxylic acids is 4. The number of nitrogens with one attached hydrogen (secondary N) is 1. The Balaban J connectivity index is 1.24. The van der Waals surface area contributed by atoms with Crippen LogP contribution in [-0.4, -0.2) is 109 Å². The Labute approximate surface area is 288 Å². The van der Waals surface area contributed by atoms with Gasteiger partial charge in [0.05, 0.1) is 11.4 Å². The van der Waals surface area contributed by atoms with Crippen LogP contribution in [0.4, 0.5) is 16.2 Å². The van der Waals surface area contributed by atoms with Gasteiger partial charge in [0, 0.05) is 93.5 Å². The van der Waals surface area contributed by atoms with E-state index in [1.165, 1.54) is 12.6 Å². The Kier molecular flexibility index (Phi) is 11.2. The van der Waals surface area contributed by atoms with Crippen molar-refractivity contribution in [3.63, 3.8) is 0 Å². The number of amides is 4. The van der Waals surface area contributed by atoms with Crippen LogP contribution < -0.4 is 16.0 Å². The first kappa shape index (κ1) is 35.3. The Bertz CT molecular complexity index is 1670. The summed E-state index contributed by atoms with van der Waals surface area (Å²) in [4.78, 5) is 63.7. The van der Waals surface area contributed by atoms with E-state index in [2.05, 4.69) is 20.1 Å². The van der Waals surface area contributed by atoms with Crippen LogP contribution in [0, 0.1) is 0 Å². The van der Waals surface area contributed by atoms with Crippen molar-refractivity contribution in [1.29, 1.82) is 0 Å². The van der Waals surface area contributed by atoms with Gasteiger partial charge in [0.2, 0.25) is 5.91 Å². The van der Waals surface area contributed by atoms with Gasteiger partial charge in [0.15, 0.2) is 0 Å². The van der Waals surface area contributed by atoms with Crippen LogP contribution in [0.1, 0.15) is 71.1 Å². The molecule has 49 heavy (non-hydrogen) atoms. The van der Waals surface area contributed by atoms with Gasteiger partial charge in [-0.1, -0.05) is 6.07 Å². The highest BCUT2D eigenvalue weighted by Gasteiger charge is 2.26. The van der Waals surface area contributed by atoms with Gasteiger partial charge >= 0.3 is 6.09 Å². The molecule has 2 aliphatic rings. The summed E-state index contributed by atoms with van der Waals surface area (Å²) in [5.74, 6) is -1.13. The van der Waals surface area contributed by atoms with E-state index in [4.69, 9.17) is 10.5 Å². The van der Waals surface area contributed by atoms with Crippen molar-refractivity contribution in [1.82, 2.24) is 19.7 Å². The predicted octanol–water partition coefficient (Wildman–Crippen LogP) is 4.71. The van der Waals surface area contributed by atoms with Gasteiger partial charge in [-0.15, -0.1) is 0 Å². The Morgan fingerprint density at radius 1 is 0.878 bits per heavy atom. The van der Waals surface area contributed by atoms with Gasteiger partial charge in [-0.25, -0.2) is 4.79 Å². The molecule has 2 saturated heterocycles. The van der Waals surface area contributed by atoms with Crippen LogP contribution in [0.15, 0.2) is 60.8 Å². The van der Waals surface area contributed by atoms with E-state index >= 15 is 0 Å². The Morgan fingerprint density at radius 2 is 1.59 bits per heavy atom. The number of rotatable bonds is 9. The fraction of sp³-hybridized carbons (Fsp3) is 0.432. The lowest BCUT2D eigenvalue weighted by Crippen LogP contribution is -2.51. The maximum atomic E-state index is 13.6. The highest BCUT2D eigenvalue weighted by molar-refractivity contribution is 6.08. The second-order valence-electron chi connectivity index (χ2n) is 13.6. The standard InChI is InChI=1S/C37H47N7O5/c1-37(2,3)49-36(48)44-21-19-42(20-22-44)18-17-41(4)35(47)28-10-8-9-27(23-28)34(46)40-31-12-11-29(43-15-6-5-7-16-43)25-30(31)32-24-26(33(38)45)13-14-39-32/h8-14,23-25H,5-7,15-22H2,1-4H3,(H2,38,45)(H,40,46). The molecule has 0 unspecified atom stereocenters. The molecule has 2 aromatic carbocycles. The van der Waals surface area contributed by atoms with Crippen molar-refractivity contribution in [3.8, 4) is 11.3 Å². The van der Waals surface area contributed by atoms with Crippen molar-refractivity contribution < 1.29 is 23.9 Å². The molecule has 0 bridgehead atoms. The number of aromatic nitrogens is 1. The Hall–Kier alpha value is -4.97.